The maximum atomic E-state index is 12.1. The molecule has 424 valence electrons. The molecule has 0 spiro atoms. The van der Waals surface area contributed by atoms with Crippen LogP contribution in [0.5, 0.6) is 0 Å². The maximum absolute atomic E-state index is 12.1. The smallest absolute Gasteiger partial charge is 0.187 e. The van der Waals surface area contributed by atoms with Gasteiger partial charge in [-0.1, -0.05) is 32.4 Å². The minimum Gasteiger partial charge on any atom is -0.492 e. The monoisotopic (exact) mass is 1060 g/mol. The van der Waals surface area contributed by atoms with Crippen molar-refractivity contribution in [1.29, 1.82) is 0 Å². The Hall–Kier alpha value is -1.56. The second-order valence-corrected chi connectivity index (χ2v) is 23.7. The summed E-state index contributed by atoms with van der Waals surface area (Å²) in [5, 5.41) is 127. The molecular formula is C52H84O22. The van der Waals surface area contributed by atoms with Gasteiger partial charge in [0.15, 0.2) is 25.2 Å². The molecule has 9 aliphatic rings. The third-order valence-corrected chi connectivity index (χ3v) is 19.3. The maximum Gasteiger partial charge on any atom is 0.187 e. The fourth-order valence-corrected chi connectivity index (χ4v) is 14.8. The highest BCUT2D eigenvalue weighted by Gasteiger charge is 2.69. The van der Waals surface area contributed by atoms with E-state index in [1.165, 1.54) is 19.4 Å². The summed E-state index contributed by atoms with van der Waals surface area (Å²) in [6.45, 7) is 10.8. The molecule has 0 aromatic rings. The van der Waals surface area contributed by atoms with E-state index < -0.39 is 148 Å². The molecule has 5 saturated heterocycles. The third-order valence-electron chi connectivity index (χ3n) is 19.3. The summed E-state index contributed by atoms with van der Waals surface area (Å²) < 4.78 is 61.4. The number of ether oxygens (including phenoxy) is 10. The van der Waals surface area contributed by atoms with E-state index in [0.29, 0.717) is 37.0 Å². The van der Waals surface area contributed by atoms with Gasteiger partial charge in [-0.2, -0.15) is 0 Å². The second-order valence-electron chi connectivity index (χ2n) is 23.7. The van der Waals surface area contributed by atoms with Gasteiger partial charge in [-0.3, -0.25) is 0 Å². The molecule has 0 bridgehead atoms. The molecule has 4 aliphatic carbocycles. The van der Waals surface area contributed by atoms with Gasteiger partial charge in [-0.05, 0) is 113 Å². The van der Waals surface area contributed by atoms with Gasteiger partial charge in [0.2, 0.25) is 0 Å². The molecule has 22 nitrogen and oxygen atoms in total. The molecule has 5 aliphatic heterocycles. The first kappa shape index (κ1) is 57.1. The van der Waals surface area contributed by atoms with Crippen LogP contribution in [0.4, 0.5) is 0 Å². The molecule has 0 radical (unpaired) electrons. The molecule has 0 aromatic carbocycles. The lowest BCUT2D eigenvalue weighted by Crippen LogP contribution is -2.66. The Bertz CT molecular complexity index is 1980. The van der Waals surface area contributed by atoms with Crippen LogP contribution >= 0.6 is 0 Å². The number of allylic oxidation sites excluding steroid dienone is 2. The topological polar surface area (TPSA) is 335 Å². The number of fused-ring (bicyclic) bond motifs is 7. The van der Waals surface area contributed by atoms with E-state index in [0.717, 1.165) is 37.9 Å². The Balaban J connectivity index is 0.869. The molecule has 30 atom stereocenters. The molecule has 74 heavy (non-hydrogen) atoms. The largest absolute Gasteiger partial charge is 0.492 e. The summed E-state index contributed by atoms with van der Waals surface area (Å²) in [4.78, 5) is 0. The average molecular weight is 1060 g/mol. The first-order valence-electron chi connectivity index (χ1n) is 26.8. The lowest BCUT2D eigenvalue weighted by molar-refractivity contribution is -0.388. The molecule has 22 heteroatoms. The van der Waals surface area contributed by atoms with E-state index in [4.69, 9.17) is 47.4 Å². The van der Waals surface area contributed by atoms with Crippen molar-refractivity contribution in [3.63, 3.8) is 0 Å². The van der Waals surface area contributed by atoms with Crippen LogP contribution in [0, 0.1) is 40.4 Å². The van der Waals surface area contributed by atoms with Crippen molar-refractivity contribution in [1.82, 2.24) is 0 Å². The van der Waals surface area contributed by atoms with Gasteiger partial charge in [-0.25, -0.2) is 0 Å². The molecule has 0 aromatic heterocycles. The zero-order valence-corrected chi connectivity index (χ0v) is 43.5. The van der Waals surface area contributed by atoms with Gasteiger partial charge >= 0.3 is 0 Å². The van der Waals surface area contributed by atoms with Gasteiger partial charge in [0.05, 0.1) is 38.1 Å². The highest BCUT2D eigenvalue weighted by molar-refractivity contribution is 5.30. The fourth-order valence-electron chi connectivity index (χ4n) is 14.8. The van der Waals surface area contributed by atoms with E-state index in [1.54, 1.807) is 7.11 Å². The average Bonchev–Trinajstić information content (AvgIpc) is 3.85. The van der Waals surface area contributed by atoms with Crippen LogP contribution in [0.3, 0.4) is 0 Å². The Labute approximate surface area is 432 Å². The number of methoxy groups -OCH3 is 1. The van der Waals surface area contributed by atoms with E-state index in [9.17, 15) is 61.3 Å². The van der Waals surface area contributed by atoms with E-state index in [1.807, 2.05) is 6.92 Å². The van der Waals surface area contributed by atoms with Gasteiger partial charge in [0, 0.05) is 13.0 Å². The summed E-state index contributed by atoms with van der Waals surface area (Å²) in [6, 6.07) is 0. The Morgan fingerprint density at radius 2 is 1.26 bits per heavy atom. The number of hydrogen-bond donors (Lipinski definition) is 12. The van der Waals surface area contributed by atoms with Crippen molar-refractivity contribution in [2.75, 3.05) is 26.9 Å². The molecular weight excluding hydrogens is 977 g/mol. The molecule has 8 fully saturated rings. The van der Waals surface area contributed by atoms with Crippen molar-refractivity contribution in [2.45, 2.75) is 234 Å². The normalized spacial score (nSPS) is 54.4. The van der Waals surface area contributed by atoms with Crippen LogP contribution in [0.15, 0.2) is 23.5 Å². The quantitative estimate of drug-likeness (QED) is 0.0890. The minimum absolute atomic E-state index is 0.0422. The number of aliphatic hydroxyl groups excluding tert-OH is 12. The number of aliphatic hydroxyl groups is 12. The molecule has 5 heterocycles. The van der Waals surface area contributed by atoms with Gasteiger partial charge in [-0.15, -0.1) is 0 Å². The predicted octanol–water partition coefficient (Wildman–Crippen LogP) is -1.41. The molecule has 3 saturated carbocycles. The minimum atomic E-state index is -1.75. The van der Waals surface area contributed by atoms with Crippen molar-refractivity contribution in [3.05, 3.63) is 23.5 Å². The first-order valence-corrected chi connectivity index (χ1v) is 26.8. The zero-order chi connectivity index (χ0) is 53.5. The molecule has 0 amide bonds. The van der Waals surface area contributed by atoms with Gasteiger partial charge in [0.25, 0.3) is 0 Å². The van der Waals surface area contributed by atoms with Crippen LogP contribution < -0.4 is 0 Å². The van der Waals surface area contributed by atoms with Gasteiger partial charge < -0.3 is 109 Å². The molecule has 12 N–H and O–H groups in total. The van der Waals surface area contributed by atoms with Crippen LogP contribution in [0.2, 0.25) is 0 Å². The molecule has 0 unspecified atom stereocenters. The van der Waals surface area contributed by atoms with Crippen molar-refractivity contribution in [3.8, 4) is 0 Å². The zero-order valence-electron chi connectivity index (χ0n) is 43.5. The highest BCUT2D eigenvalue weighted by atomic mass is 16.8. The molecule has 9 rings (SSSR count). The summed E-state index contributed by atoms with van der Waals surface area (Å²) in [6.07, 6.45) is -18.5. The Morgan fingerprint density at radius 1 is 0.662 bits per heavy atom. The van der Waals surface area contributed by atoms with Crippen molar-refractivity contribution >= 4 is 0 Å². The van der Waals surface area contributed by atoms with Crippen molar-refractivity contribution in [2.24, 2.45) is 40.4 Å². The van der Waals surface area contributed by atoms with E-state index >= 15 is 0 Å². The SMILES string of the molecule is CO[C@]1(C)C(=CC[C@@H](C)CO[C@@H]2O[C@H](CO)[C@@H](O)[C@H](O)[C@H]2O)O[C@H]2C[C@H]3[C@@H]4CC=C5C[C@@H](O[C@@H]6O[C@H](CO)[C@@H](O[C@@H]7O[C@@H](C)[C@H](O)[C@@H](O)[C@H]7O)[C@H](O)[C@H]6O[C@@H]6O[C@@H](C)[C@H](O)[C@@H](O)[C@H]6O)CC[C@]5(C)[C@H]4CC[C@]3(C)[C@H]21. The fraction of sp³-hybridized carbons (Fsp3) is 0.923. The number of rotatable bonds is 14. The Morgan fingerprint density at radius 3 is 1.88 bits per heavy atom. The predicted molar refractivity (Wildman–Crippen MR) is 254 cm³/mol. The van der Waals surface area contributed by atoms with E-state index in [2.05, 4.69) is 32.9 Å². The standard InChI is InChI=1S/C52H84O22/c1-21(20-66-46-39(61)38(60)35(57)30(18-53)71-46)8-11-32-52(6,65-7)45-29(70-32)17-28-26-10-9-24-16-25(12-14-50(24,4)27(26)13-15-51(28,45)5)69-49-44(74-48-41(63)37(59)34(56)23(3)68-48)42(64)43(31(19-54)72-49)73-47-40(62)36(58)33(55)22(2)67-47/h9,11,21-23,25-31,33-49,53-64H,8,10,12-20H2,1-7H3/t21-,22+,23+,25+,26-,27+,28+,29+,30-,31-,33+,34+,35-,36-,37-,38+,39-,40-,41-,42+,43-,44-,45+,46-,47+,48+,49-,50+,51+,52-/m1/s1. The third kappa shape index (κ3) is 9.98. The first-order chi connectivity index (χ1) is 35.0. The van der Waals surface area contributed by atoms with Crippen LogP contribution in [0.1, 0.15) is 92.9 Å². The summed E-state index contributed by atoms with van der Waals surface area (Å²) >= 11 is 0. The summed E-state index contributed by atoms with van der Waals surface area (Å²) in [5.74, 6) is 2.02. The lowest BCUT2D eigenvalue weighted by Gasteiger charge is -2.59. The number of hydrogen-bond acceptors (Lipinski definition) is 22. The van der Waals surface area contributed by atoms with Gasteiger partial charge in [0.1, 0.15) is 103 Å². The highest BCUT2D eigenvalue weighted by Crippen LogP contribution is 2.70. The van der Waals surface area contributed by atoms with Crippen LogP contribution in [-0.2, 0) is 47.4 Å². The van der Waals surface area contributed by atoms with E-state index in [-0.39, 0.29) is 35.4 Å². The lowest BCUT2D eigenvalue weighted by atomic mass is 9.46. The van der Waals surface area contributed by atoms with Crippen LogP contribution in [0.25, 0.3) is 0 Å². The second kappa shape index (κ2) is 22.2. The summed E-state index contributed by atoms with van der Waals surface area (Å²) in [5.41, 5.74) is 0.382. The van der Waals surface area contributed by atoms with Crippen LogP contribution in [-0.4, -0.2) is 229 Å². The Kier molecular flexibility index (Phi) is 17.1. The summed E-state index contributed by atoms with van der Waals surface area (Å²) in [7, 11) is 1.74. The van der Waals surface area contributed by atoms with Crippen molar-refractivity contribution < 1.29 is 109 Å².